The van der Waals surface area contributed by atoms with Crippen molar-refractivity contribution >= 4 is 29.2 Å². The van der Waals surface area contributed by atoms with Crippen LogP contribution >= 0.6 is 11.6 Å². The van der Waals surface area contributed by atoms with E-state index in [4.69, 9.17) is 11.6 Å². The highest BCUT2D eigenvalue weighted by Crippen LogP contribution is 2.50. The summed E-state index contributed by atoms with van der Waals surface area (Å²) < 4.78 is 1.92. The number of nitrogens with one attached hydrogen (secondary N) is 1. The summed E-state index contributed by atoms with van der Waals surface area (Å²) in [7, 11) is 0. The van der Waals surface area contributed by atoms with E-state index in [1.165, 1.54) is 0 Å². The Hall–Kier alpha value is -2.34. The maximum atomic E-state index is 13.3. The number of benzene rings is 1. The number of anilines is 1. The standard InChI is InChI=1S/C22H25ClN4O2/c23-17-5-3-16(4-6-17)22(10-11-22)21(29)26-13-8-18(9-14-26)27-19(7-12-24-27)25-20(28)15-1-2-15/h3-7,12,15,18H,1-2,8-11,13-14H2,(H,25,28). The van der Waals surface area contributed by atoms with Gasteiger partial charge in [-0.2, -0.15) is 5.10 Å². The minimum absolute atomic E-state index is 0.0954. The zero-order valence-electron chi connectivity index (χ0n) is 16.3. The maximum Gasteiger partial charge on any atom is 0.233 e. The molecular formula is C22H25ClN4O2. The monoisotopic (exact) mass is 412 g/mol. The molecule has 0 unspecified atom stereocenters. The summed E-state index contributed by atoms with van der Waals surface area (Å²) in [5.41, 5.74) is 0.721. The van der Waals surface area contributed by atoms with Gasteiger partial charge in [0.15, 0.2) is 0 Å². The van der Waals surface area contributed by atoms with Crippen molar-refractivity contribution < 1.29 is 9.59 Å². The summed E-state index contributed by atoms with van der Waals surface area (Å²) in [6, 6.07) is 9.76. The predicted molar refractivity (Wildman–Crippen MR) is 111 cm³/mol. The Kier molecular flexibility index (Phi) is 4.62. The molecule has 1 saturated heterocycles. The zero-order valence-corrected chi connectivity index (χ0v) is 17.1. The third-order valence-corrected chi connectivity index (χ3v) is 6.78. The normalized spacial score (nSPS) is 21.1. The molecule has 6 nitrogen and oxygen atoms in total. The van der Waals surface area contributed by atoms with Crippen molar-refractivity contribution in [3.63, 3.8) is 0 Å². The van der Waals surface area contributed by atoms with E-state index in [1.54, 1.807) is 6.20 Å². The van der Waals surface area contributed by atoms with Crippen molar-refractivity contribution in [1.29, 1.82) is 0 Å². The molecule has 0 spiro atoms. The second-order valence-corrected chi connectivity index (χ2v) is 8.97. The molecule has 29 heavy (non-hydrogen) atoms. The fourth-order valence-corrected chi connectivity index (χ4v) is 4.54. The van der Waals surface area contributed by atoms with Crippen LogP contribution in [-0.4, -0.2) is 39.6 Å². The fraction of sp³-hybridized carbons (Fsp3) is 0.500. The lowest BCUT2D eigenvalue weighted by Crippen LogP contribution is -2.44. The molecule has 1 aliphatic heterocycles. The van der Waals surface area contributed by atoms with Crippen LogP contribution in [0.1, 0.15) is 50.1 Å². The van der Waals surface area contributed by atoms with Crippen molar-refractivity contribution in [2.24, 2.45) is 5.92 Å². The predicted octanol–water partition coefficient (Wildman–Crippen LogP) is 3.78. The molecule has 2 aromatic rings. The minimum Gasteiger partial charge on any atom is -0.342 e. The number of piperidine rings is 1. The molecule has 0 bridgehead atoms. The van der Waals surface area contributed by atoms with Gasteiger partial charge in [-0.1, -0.05) is 23.7 Å². The van der Waals surface area contributed by atoms with Gasteiger partial charge in [0.1, 0.15) is 5.82 Å². The van der Waals surface area contributed by atoms with E-state index in [0.29, 0.717) is 18.1 Å². The smallest absolute Gasteiger partial charge is 0.233 e. The molecule has 0 atom stereocenters. The number of carbonyl (C=O) groups excluding carboxylic acids is 2. The van der Waals surface area contributed by atoms with Crippen molar-refractivity contribution in [1.82, 2.24) is 14.7 Å². The molecule has 2 amide bonds. The number of halogens is 1. The Balaban J connectivity index is 1.23. The van der Waals surface area contributed by atoms with Gasteiger partial charge in [-0.15, -0.1) is 0 Å². The van der Waals surface area contributed by atoms with Gasteiger partial charge in [0, 0.05) is 30.1 Å². The Labute approximate surface area is 175 Å². The summed E-state index contributed by atoms with van der Waals surface area (Å²) in [5, 5.41) is 8.16. The highest BCUT2D eigenvalue weighted by molar-refractivity contribution is 6.30. The lowest BCUT2D eigenvalue weighted by Gasteiger charge is -2.35. The highest BCUT2D eigenvalue weighted by Gasteiger charge is 2.53. The minimum atomic E-state index is -0.355. The largest absolute Gasteiger partial charge is 0.342 e. The molecule has 2 heterocycles. The van der Waals surface area contributed by atoms with Crippen LogP contribution in [0.25, 0.3) is 0 Å². The maximum absolute atomic E-state index is 13.3. The van der Waals surface area contributed by atoms with Gasteiger partial charge < -0.3 is 10.2 Å². The third kappa shape index (κ3) is 3.54. The van der Waals surface area contributed by atoms with Crippen LogP contribution in [0.15, 0.2) is 36.5 Å². The van der Waals surface area contributed by atoms with Crippen molar-refractivity contribution in [3.8, 4) is 0 Å². The molecule has 5 rings (SSSR count). The van der Waals surface area contributed by atoms with E-state index >= 15 is 0 Å². The topological polar surface area (TPSA) is 67.2 Å². The Bertz CT molecular complexity index is 923. The van der Waals surface area contributed by atoms with Crippen molar-refractivity contribution in [2.75, 3.05) is 18.4 Å². The molecule has 2 aliphatic carbocycles. The second-order valence-electron chi connectivity index (χ2n) is 8.54. The molecule has 3 fully saturated rings. The van der Waals surface area contributed by atoms with E-state index in [9.17, 15) is 9.59 Å². The molecule has 152 valence electrons. The Morgan fingerprint density at radius 3 is 2.34 bits per heavy atom. The number of rotatable bonds is 5. The first-order chi connectivity index (χ1) is 14.1. The number of carbonyl (C=O) groups is 2. The fourth-order valence-electron chi connectivity index (χ4n) is 4.41. The number of aromatic nitrogens is 2. The molecular weight excluding hydrogens is 388 g/mol. The first-order valence-electron chi connectivity index (χ1n) is 10.5. The third-order valence-electron chi connectivity index (χ3n) is 6.52. The van der Waals surface area contributed by atoms with Gasteiger partial charge in [0.2, 0.25) is 11.8 Å². The van der Waals surface area contributed by atoms with Crippen LogP contribution in [0.2, 0.25) is 5.02 Å². The van der Waals surface area contributed by atoms with E-state index in [2.05, 4.69) is 10.4 Å². The highest BCUT2D eigenvalue weighted by atomic mass is 35.5. The number of amides is 2. The van der Waals surface area contributed by atoms with E-state index in [1.807, 2.05) is 39.9 Å². The lowest BCUT2D eigenvalue weighted by atomic mass is 9.93. The molecule has 2 saturated carbocycles. The SMILES string of the molecule is O=C(Nc1ccnn1C1CCN(C(=O)C2(c3ccc(Cl)cc3)CC2)CC1)C1CC1. The Morgan fingerprint density at radius 1 is 1.03 bits per heavy atom. The number of hydrogen-bond acceptors (Lipinski definition) is 3. The van der Waals surface area contributed by atoms with Crippen LogP contribution in [0.5, 0.6) is 0 Å². The second kappa shape index (κ2) is 7.17. The van der Waals surface area contributed by atoms with Crippen LogP contribution in [0, 0.1) is 5.92 Å². The quantitative estimate of drug-likeness (QED) is 0.812. The summed E-state index contributed by atoms with van der Waals surface area (Å²) in [6.45, 7) is 1.43. The van der Waals surface area contributed by atoms with Crippen molar-refractivity contribution in [2.45, 2.75) is 50.0 Å². The van der Waals surface area contributed by atoms with Crippen LogP contribution in [0.3, 0.4) is 0 Å². The average molecular weight is 413 g/mol. The zero-order chi connectivity index (χ0) is 20.0. The summed E-state index contributed by atoms with van der Waals surface area (Å²) in [6.07, 6.45) is 7.20. The van der Waals surface area contributed by atoms with Crippen LogP contribution in [0.4, 0.5) is 5.82 Å². The molecule has 1 aromatic carbocycles. The number of nitrogens with zero attached hydrogens (tertiary/aromatic N) is 3. The summed E-state index contributed by atoms with van der Waals surface area (Å²) >= 11 is 6.01. The average Bonchev–Trinajstić information content (AvgIpc) is 3.66. The van der Waals surface area contributed by atoms with E-state index in [-0.39, 0.29) is 29.2 Å². The van der Waals surface area contributed by atoms with Crippen molar-refractivity contribution in [3.05, 3.63) is 47.1 Å². The number of hydrogen-bond donors (Lipinski definition) is 1. The van der Waals surface area contributed by atoms with E-state index in [0.717, 1.165) is 49.9 Å². The molecule has 7 heteroatoms. The molecule has 1 N–H and O–H groups in total. The molecule has 0 radical (unpaired) electrons. The van der Waals surface area contributed by atoms with Crippen LogP contribution < -0.4 is 5.32 Å². The van der Waals surface area contributed by atoms with Gasteiger partial charge in [-0.3, -0.25) is 9.59 Å². The Morgan fingerprint density at radius 2 is 1.72 bits per heavy atom. The molecule has 3 aliphatic rings. The van der Waals surface area contributed by atoms with Gasteiger partial charge in [-0.05, 0) is 56.2 Å². The van der Waals surface area contributed by atoms with E-state index < -0.39 is 0 Å². The number of likely N-dealkylation sites (tertiary alicyclic amines) is 1. The first kappa shape index (κ1) is 18.7. The van der Waals surface area contributed by atoms with Crippen LogP contribution in [-0.2, 0) is 15.0 Å². The van der Waals surface area contributed by atoms with Gasteiger partial charge in [0.25, 0.3) is 0 Å². The molecule has 1 aromatic heterocycles. The van der Waals surface area contributed by atoms with Gasteiger partial charge in [0.05, 0.1) is 17.7 Å². The summed E-state index contributed by atoms with van der Waals surface area (Å²) in [4.78, 5) is 27.4. The lowest BCUT2D eigenvalue weighted by molar-refractivity contribution is -0.135. The van der Waals surface area contributed by atoms with Gasteiger partial charge in [-0.25, -0.2) is 4.68 Å². The van der Waals surface area contributed by atoms with Gasteiger partial charge >= 0.3 is 0 Å². The first-order valence-corrected chi connectivity index (χ1v) is 10.8. The summed E-state index contributed by atoms with van der Waals surface area (Å²) in [5.74, 6) is 1.27.